The first-order valence-electron chi connectivity index (χ1n) is 7.13. The van der Waals surface area contributed by atoms with E-state index in [1.165, 1.54) is 0 Å². The highest BCUT2D eigenvalue weighted by molar-refractivity contribution is 5.32. The fraction of sp³-hybridized carbons (Fsp3) is 0.786. The monoisotopic (exact) mass is 268 g/mol. The summed E-state index contributed by atoms with van der Waals surface area (Å²) >= 11 is 0. The SMILES string of the molecule is CCc1cn(CCCOC)c(N(C)CCCNC)n1. The Morgan fingerprint density at radius 2 is 2.21 bits per heavy atom. The van der Waals surface area contributed by atoms with Gasteiger partial charge in [0.2, 0.25) is 5.95 Å². The van der Waals surface area contributed by atoms with Crippen LogP contribution in [0.3, 0.4) is 0 Å². The molecule has 5 heteroatoms. The van der Waals surface area contributed by atoms with E-state index < -0.39 is 0 Å². The lowest BCUT2D eigenvalue weighted by atomic mass is 10.4. The molecule has 1 rings (SSSR count). The molecule has 0 aliphatic carbocycles. The molecule has 0 atom stereocenters. The van der Waals surface area contributed by atoms with Crippen LogP contribution in [0.25, 0.3) is 0 Å². The van der Waals surface area contributed by atoms with E-state index in [0.717, 1.165) is 57.1 Å². The normalized spacial score (nSPS) is 10.9. The van der Waals surface area contributed by atoms with Gasteiger partial charge in [0.05, 0.1) is 5.69 Å². The van der Waals surface area contributed by atoms with Crippen molar-refractivity contribution in [1.82, 2.24) is 14.9 Å². The van der Waals surface area contributed by atoms with Crippen LogP contribution in [-0.4, -0.2) is 50.5 Å². The zero-order valence-corrected chi connectivity index (χ0v) is 12.8. The van der Waals surface area contributed by atoms with Crippen LogP contribution in [0.2, 0.25) is 0 Å². The fourth-order valence-electron chi connectivity index (χ4n) is 2.07. The van der Waals surface area contributed by atoms with Crippen LogP contribution in [0.15, 0.2) is 6.20 Å². The second-order valence-electron chi connectivity index (χ2n) is 4.80. The lowest BCUT2D eigenvalue weighted by Gasteiger charge is -2.19. The Balaban J connectivity index is 2.64. The van der Waals surface area contributed by atoms with Gasteiger partial charge < -0.3 is 19.5 Å². The zero-order valence-electron chi connectivity index (χ0n) is 12.8. The molecule has 110 valence electrons. The van der Waals surface area contributed by atoms with Gasteiger partial charge in [0.25, 0.3) is 0 Å². The van der Waals surface area contributed by atoms with E-state index >= 15 is 0 Å². The van der Waals surface area contributed by atoms with Gasteiger partial charge in [-0.2, -0.15) is 0 Å². The van der Waals surface area contributed by atoms with Crippen molar-refractivity contribution in [3.63, 3.8) is 0 Å². The van der Waals surface area contributed by atoms with E-state index in [-0.39, 0.29) is 0 Å². The summed E-state index contributed by atoms with van der Waals surface area (Å²) in [5, 5.41) is 3.18. The molecule has 1 heterocycles. The molecule has 0 bridgehead atoms. The van der Waals surface area contributed by atoms with Gasteiger partial charge in [0, 0.05) is 40.1 Å². The highest BCUT2D eigenvalue weighted by Crippen LogP contribution is 2.14. The molecule has 0 unspecified atom stereocenters. The van der Waals surface area contributed by atoms with Gasteiger partial charge in [0.1, 0.15) is 0 Å². The first kappa shape index (κ1) is 16.0. The average molecular weight is 268 g/mol. The van der Waals surface area contributed by atoms with Crippen LogP contribution in [0.4, 0.5) is 5.95 Å². The zero-order chi connectivity index (χ0) is 14.1. The Hall–Kier alpha value is -1.07. The van der Waals surface area contributed by atoms with Gasteiger partial charge in [0.15, 0.2) is 0 Å². The third-order valence-electron chi connectivity index (χ3n) is 3.18. The van der Waals surface area contributed by atoms with Crippen LogP contribution in [0.5, 0.6) is 0 Å². The van der Waals surface area contributed by atoms with Crippen LogP contribution < -0.4 is 10.2 Å². The van der Waals surface area contributed by atoms with Crippen LogP contribution >= 0.6 is 0 Å². The van der Waals surface area contributed by atoms with Crippen molar-refractivity contribution < 1.29 is 4.74 Å². The number of hydrogen-bond acceptors (Lipinski definition) is 4. The minimum atomic E-state index is 0.794. The summed E-state index contributed by atoms with van der Waals surface area (Å²) in [7, 11) is 5.85. The molecule has 0 amide bonds. The molecular weight excluding hydrogens is 240 g/mol. The van der Waals surface area contributed by atoms with E-state index in [9.17, 15) is 0 Å². The number of hydrogen-bond donors (Lipinski definition) is 1. The van der Waals surface area contributed by atoms with Crippen molar-refractivity contribution in [2.75, 3.05) is 45.8 Å². The minimum Gasteiger partial charge on any atom is -0.385 e. The summed E-state index contributed by atoms with van der Waals surface area (Å²) in [5.41, 5.74) is 1.16. The summed E-state index contributed by atoms with van der Waals surface area (Å²) in [6.07, 6.45) is 5.29. The number of anilines is 1. The minimum absolute atomic E-state index is 0.794. The maximum absolute atomic E-state index is 5.12. The molecule has 1 aromatic rings. The van der Waals surface area contributed by atoms with Gasteiger partial charge in [-0.1, -0.05) is 6.92 Å². The standard InChI is InChI=1S/C14H28N4O/c1-5-13-12-18(10-7-11-19-4)14(16-13)17(3)9-6-8-15-2/h12,15H,5-11H2,1-4H3. The lowest BCUT2D eigenvalue weighted by Crippen LogP contribution is -2.25. The average Bonchev–Trinajstić information content (AvgIpc) is 2.83. The molecule has 0 radical (unpaired) electrons. The number of methoxy groups -OCH3 is 1. The number of rotatable bonds is 10. The maximum Gasteiger partial charge on any atom is 0.205 e. The number of imidazole rings is 1. The second kappa shape index (κ2) is 8.93. The van der Waals surface area contributed by atoms with Crippen LogP contribution in [0, 0.1) is 0 Å². The van der Waals surface area contributed by atoms with Crippen LogP contribution in [0.1, 0.15) is 25.5 Å². The van der Waals surface area contributed by atoms with Gasteiger partial charge in [-0.15, -0.1) is 0 Å². The first-order valence-corrected chi connectivity index (χ1v) is 7.13. The topological polar surface area (TPSA) is 42.3 Å². The summed E-state index contributed by atoms with van der Waals surface area (Å²) in [6, 6.07) is 0. The van der Waals surface area contributed by atoms with Crippen molar-refractivity contribution in [2.45, 2.75) is 32.7 Å². The predicted molar refractivity (Wildman–Crippen MR) is 79.9 cm³/mol. The van der Waals surface area contributed by atoms with Gasteiger partial charge >= 0.3 is 0 Å². The molecule has 5 nitrogen and oxygen atoms in total. The van der Waals surface area contributed by atoms with Gasteiger partial charge in [-0.3, -0.25) is 0 Å². The van der Waals surface area contributed by atoms with Crippen molar-refractivity contribution in [2.24, 2.45) is 0 Å². The number of aromatic nitrogens is 2. The van der Waals surface area contributed by atoms with E-state index in [1.807, 2.05) is 7.05 Å². The van der Waals surface area contributed by atoms with Crippen molar-refractivity contribution in [1.29, 1.82) is 0 Å². The third kappa shape index (κ3) is 5.20. The van der Waals surface area contributed by atoms with Gasteiger partial charge in [-0.25, -0.2) is 4.98 Å². The number of ether oxygens (including phenoxy) is 1. The summed E-state index contributed by atoms with van der Waals surface area (Å²) < 4.78 is 7.37. The molecule has 1 aromatic heterocycles. The Morgan fingerprint density at radius 1 is 1.42 bits per heavy atom. The number of nitrogens with one attached hydrogen (secondary N) is 1. The molecule has 0 saturated heterocycles. The number of nitrogens with zero attached hydrogens (tertiary/aromatic N) is 3. The van der Waals surface area contributed by atoms with E-state index in [2.05, 4.69) is 35.0 Å². The molecule has 19 heavy (non-hydrogen) atoms. The summed E-state index contributed by atoms with van der Waals surface area (Å²) in [5.74, 6) is 1.07. The van der Waals surface area contributed by atoms with E-state index in [4.69, 9.17) is 9.72 Å². The molecular formula is C14H28N4O. The quantitative estimate of drug-likeness (QED) is 0.654. The molecule has 1 N–H and O–H groups in total. The smallest absolute Gasteiger partial charge is 0.205 e. The largest absolute Gasteiger partial charge is 0.385 e. The van der Waals surface area contributed by atoms with E-state index in [0.29, 0.717) is 0 Å². The Morgan fingerprint density at radius 3 is 2.84 bits per heavy atom. The highest BCUT2D eigenvalue weighted by atomic mass is 16.5. The first-order chi connectivity index (χ1) is 9.22. The molecule has 0 aromatic carbocycles. The molecule has 0 spiro atoms. The Bertz CT molecular complexity index is 351. The van der Waals surface area contributed by atoms with Crippen LogP contribution in [-0.2, 0) is 17.7 Å². The molecule has 0 saturated carbocycles. The number of aryl methyl sites for hydroxylation is 2. The van der Waals surface area contributed by atoms with Gasteiger partial charge in [-0.05, 0) is 32.9 Å². The summed E-state index contributed by atoms with van der Waals surface area (Å²) in [6.45, 7) is 5.96. The Kier molecular flexibility index (Phi) is 7.52. The Labute approximate surface area is 117 Å². The van der Waals surface area contributed by atoms with Crippen molar-refractivity contribution >= 4 is 5.95 Å². The molecule has 0 aliphatic heterocycles. The van der Waals surface area contributed by atoms with E-state index in [1.54, 1.807) is 7.11 Å². The highest BCUT2D eigenvalue weighted by Gasteiger charge is 2.11. The lowest BCUT2D eigenvalue weighted by molar-refractivity contribution is 0.190. The fourth-order valence-corrected chi connectivity index (χ4v) is 2.07. The third-order valence-corrected chi connectivity index (χ3v) is 3.18. The predicted octanol–water partition coefficient (Wildman–Crippen LogP) is 1.53. The molecule has 0 fully saturated rings. The summed E-state index contributed by atoms with van der Waals surface area (Å²) in [4.78, 5) is 6.95. The van der Waals surface area contributed by atoms with Crippen molar-refractivity contribution in [3.05, 3.63) is 11.9 Å². The maximum atomic E-state index is 5.12. The second-order valence-corrected chi connectivity index (χ2v) is 4.80. The molecule has 0 aliphatic rings. The van der Waals surface area contributed by atoms with Crippen molar-refractivity contribution in [3.8, 4) is 0 Å².